The third-order valence-electron chi connectivity index (χ3n) is 2.29. The van der Waals surface area contributed by atoms with Crippen molar-refractivity contribution in [2.75, 3.05) is 17.7 Å². The molecule has 90 valence electrons. The molecule has 0 saturated carbocycles. The summed E-state index contributed by atoms with van der Waals surface area (Å²) in [4.78, 5) is 0. The van der Waals surface area contributed by atoms with Gasteiger partial charge in [-0.25, -0.2) is 4.39 Å². The van der Waals surface area contributed by atoms with Crippen LogP contribution in [0.4, 0.5) is 15.8 Å². The average Bonchev–Trinajstić information content (AvgIpc) is 2.23. The molecule has 0 amide bonds. The van der Waals surface area contributed by atoms with Crippen molar-refractivity contribution in [3.8, 4) is 0 Å². The zero-order valence-electron chi connectivity index (χ0n) is 9.13. The van der Waals surface area contributed by atoms with Gasteiger partial charge in [-0.3, -0.25) is 0 Å². The Balaban J connectivity index is 2.69. The van der Waals surface area contributed by atoms with Gasteiger partial charge in [0.25, 0.3) is 0 Å². The first-order valence-corrected chi connectivity index (χ1v) is 6.24. The maximum atomic E-state index is 13.3. The third-order valence-corrected chi connectivity index (χ3v) is 3.12. The summed E-state index contributed by atoms with van der Waals surface area (Å²) >= 11 is 1.91. The molecule has 0 radical (unpaired) electrons. The van der Waals surface area contributed by atoms with Crippen LogP contribution in [0.15, 0.2) is 12.1 Å². The molecule has 0 aliphatic carbocycles. The summed E-state index contributed by atoms with van der Waals surface area (Å²) in [5.74, 6) is -0.272. The van der Waals surface area contributed by atoms with Crippen molar-refractivity contribution in [3.05, 3.63) is 21.5 Å². The quantitative estimate of drug-likeness (QED) is 0.571. The summed E-state index contributed by atoms with van der Waals surface area (Å²) in [5.41, 5.74) is 6.94. The number of hydrogen-bond acceptors (Lipinski definition) is 3. The van der Waals surface area contributed by atoms with Gasteiger partial charge in [-0.15, -0.1) is 0 Å². The summed E-state index contributed by atoms with van der Waals surface area (Å²) in [5, 5.41) is 11.8. The van der Waals surface area contributed by atoms with Gasteiger partial charge >= 0.3 is 0 Å². The molecule has 1 unspecified atom stereocenters. The SMILES string of the molecule is CC(CCCO)Nc1cc(F)c(I)cc1N. The molecule has 1 rings (SSSR count). The number of rotatable bonds is 5. The minimum atomic E-state index is -0.272. The second-order valence-corrected chi connectivity index (χ2v) is 4.93. The van der Waals surface area contributed by atoms with Crippen LogP contribution in [0.25, 0.3) is 0 Å². The minimum absolute atomic E-state index is 0.161. The highest BCUT2D eigenvalue weighted by molar-refractivity contribution is 14.1. The zero-order chi connectivity index (χ0) is 12.1. The topological polar surface area (TPSA) is 58.3 Å². The molecule has 3 nitrogen and oxygen atoms in total. The van der Waals surface area contributed by atoms with Gasteiger partial charge in [0.1, 0.15) is 5.82 Å². The lowest BCUT2D eigenvalue weighted by Gasteiger charge is -2.16. The number of nitrogen functional groups attached to an aromatic ring is 1. The fourth-order valence-electron chi connectivity index (χ4n) is 1.42. The molecular weight excluding hydrogens is 322 g/mol. The molecule has 1 atom stereocenters. The van der Waals surface area contributed by atoms with Crippen molar-refractivity contribution >= 4 is 34.0 Å². The highest BCUT2D eigenvalue weighted by Gasteiger charge is 2.08. The number of benzene rings is 1. The van der Waals surface area contributed by atoms with Crippen molar-refractivity contribution in [1.29, 1.82) is 0 Å². The fraction of sp³-hybridized carbons (Fsp3) is 0.455. The standard InChI is InChI=1S/C11H16FIN2O/c1-7(3-2-4-16)15-11-5-8(12)9(13)6-10(11)14/h5-7,15-16H,2-4,14H2,1H3. The molecule has 0 aliphatic rings. The number of hydrogen-bond donors (Lipinski definition) is 3. The molecule has 5 heteroatoms. The van der Waals surface area contributed by atoms with E-state index in [9.17, 15) is 4.39 Å². The van der Waals surface area contributed by atoms with Crippen molar-refractivity contribution in [1.82, 2.24) is 0 Å². The van der Waals surface area contributed by atoms with E-state index in [0.717, 1.165) is 12.8 Å². The van der Waals surface area contributed by atoms with Crippen LogP contribution in [0.1, 0.15) is 19.8 Å². The number of aliphatic hydroxyl groups excluding tert-OH is 1. The van der Waals surface area contributed by atoms with Crippen LogP contribution >= 0.6 is 22.6 Å². The smallest absolute Gasteiger partial charge is 0.138 e. The number of anilines is 2. The van der Waals surface area contributed by atoms with E-state index in [0.29, 0.717) is 14.9 Å². The Morgan fingerprint density at radius 2 is 2.25 bits per heavy atom. The van der Waals surface area contributed by atoms with Crippen LogP contribution in [-0.4, -0.2) is 17.8 Å². The average molecular weight is 338 g/mol. The summed E-state index contributed by atoms with van der Waals surface area (Å²) in [6.07, 6.45) is 1.55. The van der Waals surface area contributed by atoms with Gasteiger partial charge in [0.05, 0.1) is 14.9 Å². The van der Waals surface area contributed by atoms with Crippen LogP contribution in [0.2, 0.25) is 0 Å². The zero-order valence-corrected chi connectivity index (χ0v) is 11.3. The molecule has 0 saturated heterocycles. The molecule has 1 aromatic carbocycles. The Bertz CT molecular complexity index is 360. The largest absolute Gasteiger partial charge is 0.397 e. The van der Waals surface area contributed by atoms with Gasteiger partial charge in [0.2, 0.25) is 0 Å². The second kappa shape index (κ2) is 6.24. The normalized spacial score (nSPS) is 12.5. The lowest BCUT2D eigenvalue weighted by Crippen LogP contribution is -2.16. The molecule has 0 aliphatic heterocycles. The highest BCUT2D eigenvalue weighted by Crippen LogP contribution is 2.25. The molecule has 0 fully saturated rings. The molecule has 0 bridgehead atoms. The van der Waals surface area contributed by atoms with E-state index < -0.39 is 0 Å². The number of nitrogens with two attached hydrogens (primary N) is 1. The first-order valence-electron chi connectivity index (χ1n) is 5.16. The summed E-state index contributed by atoms with van der Waals surface area (Å²) < 4.78 is 13.8. The van der Waals surface area contributed by atoms with Crippen molar-refractivity contribution in [2.24, 2.45) is 0 Å². The Morgan fingerprint density at radius 3 is 2.88 bits per heavy atom. The fourth-order valence-corrected chi connectivity index (χ4v) is 1.91. The lowest BCUT2D eigenvalue weighted by molar-refractivity contribution is 0.282. The van der Waals surface area contributed by atoms with E-state index in [4.69, 9.17) is 10.8 Å². The summed E-state index contributed by atoms with van der Waals surface area (Å²) in [6, 6.07) is 3.18. The Labute approximate surface area is 108 Å². The van der Waals surface area contributed by atoms with E-state index >= 15 is 0 Å². The number of halogens is 2. The van der Waals surface area contributed by atoms with Gasteiger partial charge in [-0.05, 0) is 48.4 Å². The Morgan fingerprint density at radius 1 is 1.56 bits per heavy atom. The van der Waals surface area contributed by atoms with Crippen LogP contribution in [0, 0.1) is 9.39 Å². The molecule has 0 heterocycles. The van der Waals surface area contributed by atoms with Crippen LogP contribution in [0.3, 0.4) is 0 Å². The molecule has 0 aromatic heterocycles. The molecule has 0 spiro atoms. The van der Waals surface area contributed by atoms with Crippen LogP contribution in [0.5, 0.6) is 0 Å². The molecular formula is C11H16FIN2O. The summed E-state index contributed by atoms with van der Waals surface area (Å²) in [7, 11) is 0. The second-order valence-electron chi connectivity index (χ2n) is 3.76. The predicted octanol–water partition coefficient (Wildman–Crippen LogP) is 2.59. The van der Waals surface area contributed by atoms with Crippen LogP contribution < -0.4 is 11.1 Å². The third kappa shape index (κ3) is 3.79. The maximum Gasteiger partial charge on any atom is 0.138 e. The van der Waals surface area contributed by atoms with Crippen molar-refractivity contribution < 1.29 is 9.50 Å². The van der Waals surface area contributed by atoms with E-state index in [1.807, 2.05) is 29.5 Å². The van der Waals surface area contributed by atoms with Crippen LogP contribution in [-0.2, 0) is 0 Å². The molecule has 1 aromatic rings. The minimum Gasteiger partial charge on any atom is -0.397 e. The van der Waals surface area contributed by atoms with Gasteiger partial charge in [0, 0.05) is 18.7 Å². The van der Waals surface area contributed by atoms with Gasteiger partial charge in [0.15, 0.2) is 0 Å². The highest BCUT2D eigenvalue weighted by atomic mass is 127. The van der Waals surface area contributed by atoms with E-state index in [1.165, 1.54) is 6.07 Å². The van der Waals surface area contributed by atoms with E-state index in [1.54, 1.807) is 6.07 Å². The van der Waals surface area contributed by atoms with Crippen molar-refractivity contribution in [3.63, 3.8) is 0 Å². The molecule has 16 heavy (non-hydrogen) atoms. The number of aliphatic hydroxyl groups is 1. The van der Waals surface area contributed by atoms with Crippen molar-refractivity contribution in [2.45, 2.75) is 25.8 Å². The monoisotopic (exact) mass is 338 g/mol. The van der Waals surface area contributed by atoms with Gasteiger partial charge < -0.3 is 16.2 Å². The van der Waals surface area contributed by atoms with E-state index in [-0.39, 0.29) is 18.5 Å². The van der Waals surface area contributed by atoms with Gasteiger partial charge in [-0.2, -0.15) is 0 Å². The maximum absolute atomic E-state index is 13.3. The summed E-state index contributed by atoms with van der Waals surface area (Å²) in [6.45, 7) is 2.15. The Kier molecular flexibility index (Phi) is 5.27. The first-order chi connectivity index (χ1) is 7.54. The Hall–Kier alpha value is -0.560. The molecule has 4 N–H and O–H groups in total. The predicted molar refractivity (Wildman–Crippen MR) is 72.9 cm³/mol. The first kappa shape index (κ1) is 13.5. The lowest BCUT2D eigenvalue weighted by atomic mass is 10.1. The van der Waals surface area contributed by atoms with E-state index in [2.05, 4.69) is 5.32 Å². The number of nitrogens with one attached hydrogen (secondary N) is 1. The van der Waals surface area contributed by atoms with Gasteiger partial charge in [-0.1, -0.05) is 0 Å².